The second kappa shape index (κ2) is 7.07. The van der Waals surface area contributed by atoms with Crippen molar-refractivity contribution in [2.75, 3.05) is 11.9 Å². The van der Waals surface area contributed by atoms with Gasteiger partial charge in [0, 0.05) is 17.0 Å². The summed E-state index contributed by atoms with van der Waals surface area (Å²) >= 11 is 5.83. The van der Waals surface area contributed by atoms with Crippen molar-refractivity contribution in [3.05, 3.63) is 65.4 Å². The molecule has 116 valence electrons. The molecule has 6 heteroatoms. The smallest absolute Gasteiger partial charge is 0.239 e. The van der Waals surface area contributed by atoms with Gasteiger partial charge in [-0.25, -0.2) is 9.97 Å². The van der Waals surface area contributed by atoms with E-state index in [1.54, 1.807) is 12.1 Å². The van der Waals surface area contributed by atoms with Crippen molar-refractivity contribution in [2.24, 2.45) is 0 Å². The maximum atomic E-state index is 11.9. The molecule has 0 aliphatic heterocycles. The van der Waals surface area contributed by atoms with Gasteiger partial charge >= 0.3 is 0 Å². The number of nitrogens with zero attached hydrogens (tertiary/aromatic N) is 2. The van der Waals surface area contributed by atoms with Crippen LogP contribution in [0.5, 0.6) is 0 Å². The summed E-state index contributed by atoms with van der Waals surface area (Å²) < 4.78 is 0. The van der Waals surface area contributed by atoms with Crippen molar-refractivity contribution < 1.29 is 4.79 Å². The SMILES string of the molecule is O=C(CNc1ncnc2ccccc12)NCc1ccc(Cl)cc1. The van der Waals surface area contributed by atoms with Gasteiger partial charge in [-0.3, -0.25) is 4.79 Å². The lowest BCUT2D eigenvalue weighted by atomic mass is 10.2. The monoisotopic (exact) mass is 326 g/mol. The molecule has 0 saturated carbocycles. The normalized spacial score (nSPS) is 10.5. The highest BCUT2D eigenvalue weighted by Crippen LogP contribution is 2.17. The van der Waals surface area contributed by atoms with Gasteiger partial charge in [-0.15, -0.1) is 0 Å². The first-order chi connectivity index (χ1) is 11.2. The third-order valence-electron chi connectivity index (χ3n) is 3.36. The zero-order valence-corrected chi connectivity index (χ0v) is 13.0. The minimum Gasteiger partial charge on any atom is -0.360 e. The van der Waals surface area contributed by atoms with Gasteiger partial charge in [-0.1, -0.05) is 35.9 Å². The van der Waals surface area contributed by atoms with Crippen LogP contribution in [-0.4, -0.2) is 22.4 Å². The first-order valence-electron chi connectivity index (χ1n) is 7.17. The molecule has 3 aromatic rings. The predicted octanol–water partition coefficient (Wildman–Crippen LogP) is 3.01. The summed E-state index contributed by atoms with van der Waals surface area (Å²) in [6.45, 7) is 0.608. The van der Waals surface area contributed by atoms with Gasteiger partial charge < -0.3 is 10.6 Å². The van der Waals surface area contributed by atoms with E-state index in [9.17, 15) is 4.79 Å². The molecule has 0 atom stereocenters. The summed E-state index contributed by atoms with van der Waals surface area (Å²) in [5.41, 5.74) is 1.84. The molecule has 0 aliphatic carbocycles. The number of rotatable bonds is 5. The number of fused-ring (bicyclic) bond motifs is 1. The van der Waals surface area contributed by atoms with Crippen molar-refractivity contribution in [3.63, 3.8) is 0 Å². The highest BCUT2D eigenvalue weighted by molar-refractivity contribution is 6.30. The zero-order valence-electron chi connectivity index (χ0n) is 12.3. The summed E-state index contributed by atoms with van der Waals surface area (Å²) in [4.78, 5) is 20.3. The van der Waals surface area contributed by atoms with Crippen LogP contribution in [0.3, 0.4) is 0 Å². The second-order valence-corrected chi connectivity index (χ2v) is 5.43. The molecule has 3 rings (SSSR count). The number of hydrogen-bond acceptors (Lipinski definition) is 4. The Kier molecular flexibility index (Phi) is 4.68. The van der Waals surface area contributed by atoms with Gasteiger partial charge in [0.1, 0.15) is 12.1 Å². The Labute approximate surface area is 138 Å². The number of benzene rings is 2. The van der Waals surface area contributed by atoms with Crippen molar-refractivity contribution in [3.8, 4) is 0 Å². The number of carbonyl (C=O) groups is 1. The van der Waals surface area contributed by atoms with Crippen LogP contribution < -0.4 is 10.6 Å². The molecule has 5 nitrogen and oxygen atoms in total. The number of hydrogen-bond donors (Lipinski definition) is 2. The third-order valence-corrected chi connectivity index (χ3v) is 3.61. The molecule has 0 radical (unpaired) electrons. The number of nitrogens with one attached hydrogen (secondary N) is 2. The average Bonchev–Trinajstić information content (AvgIpc) is 2.59. The van der Waals surface area contributed by atoms with Gasteiger partial charge in [-0.05, 0) is 29.8 Å². The third kappa shape index (κ3) is 3.96. The molecule has 0 spiro atoms. The van der Waals surface area contributed by atoms with Crippen LogP contribution in [-0.2, 0) is 11.3 Å². The molecule has 0 saturated heterocycles. The maximum absolute atomic E-state index is 11.9. The first-order valence-corrected chi connectivity index (χ1v) is 7.55. The summed E-state index contributed by atoms with van der Waals surface area (Å²) in [6.07, 6.45) is 1.48. The lowest BCUT2D eigenvalue weighted by Gasteiger charge is -2.09. The Morgan fingerprint density at radius 2 is 1.83 bits per heavy atom. The molecule has 1 amide bonds. The number of anilines is 1. The van der Waals surface area contributed by atoms with Crippen LogP contribution in [0.4, 0.5) is 5.82 Å². The van der Waals surface area contributed by atoms with Crippen LogP contribution in [0.2, 0.25) is 5.02 Å². The summed E-state index contributed by atoms with van der Waals surface area (Å²) in [5, 5.41) is 7.46. The standard InChI is InChI=1S/C17H15ClN4O/c18-13-7-5-12(6-8-13)9-19-16(23)10-20-17-14-3-1-2-4-15(14)21-11-22-17/h1-8,11H,9-10H2,(H,19,23)(H,20,21,22). The average molecular weight is 327 g/mol. The molecule has 0 bridgehead atoms. The fourth-order valence-corrected chi connectivity index (χ4v) is 2.30. The van der Waals surface area contributed by atoms with Crippen LogP contribution in [0, 0.1) is 0 Å². The van der Waals surface area contributed by atoms with Crippen molar-refractivity contribution in [2.45, 2.75) is 6.54 Å². The maximum Gasteiger partial charge on any atom is 0.239 e. The molecular formula is C17H15ClN4O. The molecule has 0 unspecified atom stereocenters. The van der Waals surface area contributed by atoms with Crippen LogP contribution in [0.25, 0.3) is 10.9 Å². The van der Waals surface area contributed by atoms with Crippen molar-refractivity contribution >= 4 is 34.2 Å². The van der Waals surface area contributed by atoms with Gasteiger partial charge in [0.15, 0.2) is 0 Å². The molecule has 2 N–H and O–H groups in total. The van der Waals surface area contributed by atoms with E-state index in [4.69, 9.17) is 11.6 Å². The Hall–Kier alpha value is -2.66. The van der Waals surface area contributed by atoms with Gasteiger partial charge in [0.05, 0.1) is 12.1 Å². The summed E-state index contributed by atoms with van der Waals surface area (Å²) in [5.74, 6) is 0.542. The quantitative estimate of drug-likeness (QED) is 0.756. The van der Waals surface area contributed by atoms with E-state index < -0.39 is 0 Å². The predicted molar refractivity (Wildman–Crippen MR) is 91.3 cm³/mol. The molecule has 1 heterocycles. The van der Waals surface area contributed by atoms with E-state index in [1.165, 1.54) is 6.33 Å². The summed E-state index contributed by atoms with van der Waals surface area (Å²) in [6, 6.07) is 15.0. The van der Waals surface area contributed by atoms with Crippen molar-refractivity contribution in [1.82, 2.24) is 15.3 Å². The topological polar surface area (TPSA) is 66.9 Å². The largest absolute Gasteiger partial charge is 0.360 e. The molecule has 2 aromatic carbocycles. The van der Waals surface area contributed by atoms with Crippen LogP contribution >= 0.6 is 11.6 Å². The lowest BCUT2D eigenvalue weighted by molar-refractivity contribution is -0.119. The van der Waals surface area contributed by atoms with Gasteiger partial charge in [-0.2, -0.15) is 0 Å². The number of para-hydroxylation sites is 1. The van der Waals surface area contributed by atoms with Gasteiger partial charge in [0.2, 0.25) is 5.91 Å². The molecule has 1 aromatic heterocycles. The lowest BCUT2D eigenvalue weighted by Crippen LogP contribution is -2.29. The van der Waals surface area contributed by atoms with E-state index in [-0.39, 0.29) is 12.5 Å². The molecule has 0 aliphatic rings. The Balaban J connectivity index is 1.57. The number of amides is 1. The number of halogens is 1. The highest BCUT2D eigenvalue weighted by Gasteiger charge is 2.05. The second-order valence-electron chi connectivity index (χ2n) is 5.00. The molecule has 23 heavy (non-hydrogen) atoms. The van der Waals surface area contributed by atoms with Crippen LogP contribution in [0.15, 0.2) is 54.9 Å². The zero-order chi connectivity index (χ0) is 16.1. The van der Waals surface area contributed by atoms with E-state index >= 15 is 0 Å². The minimum atomic E-state index is -0.109. The van der Waals surface area contributed by atoms with E-state index in [0.29, 0.717) is 17.4 Å². The Morgan fingerprint density at radius 1 is 1.04 bits per heavy atom. The van der Waals surface area contributed by atoms with E-state index in [1.807, 2.05) is 36.4 Å². The first kappa shape index (κ1) is 15.2. The fraction of sp³-hybridized carbons (Fsp3) is 0.118. The number of carbonyl (C=O) groups excluding carboxylic acids is 1. The van der Waals surface area contributed by atoms with E-state index in [2.05, 4.69) is 20.6 Å². The Bertz CT molecular complexity index is 815. The molecular weight excluding hydrogens is 312 g/mol. The van der Waals surface area contributed by atoms with Crippen LogP contribution in [0.1, 0.15) is 5.56 Å². The summed E-state index contributed by atoms with van der Waals surface area (Å²) in [7, 11) is 0. The molecule has 0 fully saturated rings. The minimum absolute atomic E-state index is 0.109. The van der Waals surface area contributed by atoms with Gasteiger partial charge in [0.25, 0.3) is 0 Å². The van der Waals surface area contributed by atoms with E-state index in [0.717, 1.165) is 16.5 Å². The number of aromatic nitrogens is 2. The fourth-order valence-electron chi connectivity index (χ4n) is 2.18. The highest BCUT2D eigenvalue weighted by atomic mass is 35.5. The van der Waals surface area contributed by atoms with Crippen molar-refractivity contribution in [1.29, 1.82) is 0 Å². The Morgan fingerprint density at radius 3 is 2.65 bits per heavy atom.